The van der Waals surface area contributed by atoms with Crippen molar-refractivity contribution >= 4 is 17.9 Å². The Kier molecular flexibility index (Phi) is 5.31. The number of hydrogen-bond donors (Lipinski definition) is 2. The number of carbonyl (C=O) groups excluding carboxylic acids is 1. The molecule has 0 unspecified atom stereocenters. The molecular formula is C15H16N4O3. The van der Waals surface area contributed by atoms with Gasteiger partial charge >= 0.3 is 6.03 Å². The van der Waals surface area contributed by atoms with Gasteiger partial charge in [0.15, 0.2) is 11.5 Å². The van der Waals surface area contributed by atoms with Crippen molar-refractivity contribution in [2.24, 2.45) is 5.10 Å². The number of hydrazone groups is 1. The molecule has 0 spiro atoms. The van der Waals surface area contributed by atoms with Crippen LogP contribution >= 0.6 is 0 Å². The Bertz CT molecular complexity index is 659. The SMILES string of the molecule is COc1ccc(/C=N/NC(=O)Nc2ccncc2)cc1OC. The van der Waals surface area contributed by atoms with E-state index in [0.29, 0.717) is 17.2 Å². The van der Waals surface area contributed by atoms with E-state index >= 15 is 0 Å². The number of nitrogens with one attached hydrogen (secondary N) is 2. The number of ether oxygens (including phenoxy) is 2. The lowest BCUT2D eigenvalue weighted by molar-refractivity contribution is 0.252. The Balaban J connectivity index is 1.93. The van der Waals surface area contributed by atoms with Gasteiger partial charge in [0.2, 0.25) is 0 Å². The number of aromatic nitrogens is 1. The van der Waals surface area contributed by atoms with E-state index in [-0.39, 0.29) is 0 Å². The van der Waals surface area contributed by atoms with Crippen molar-refractivity contribution in [1.82, 2.24) is 10.4 Å². The maximum atomic E-state index is 11.6. The Labute approximate surface area is 128 Å². The zero-order valence-electron chi connectivity index (χ0n) is 12.2. The Morgan fingerprint density at radius 3 is 2.55 bits per heavy atom. The lowest BCUT2D eigenvalue weighted by atomic mass is 10.2. The van der Waals surface area contributed by atoms with Crippen molar-refractivity contribution in [3.8, 4) is 11.5 Å². The predicted octanol–water partition coefficient (Wildman–Crippen LogP) is 2.25. The maximum Gasteiger partial charge on any atom is 0.339 e. The normalized spacial score (nSPS) is 10.3. The van der Waals surface area contributed by atoms with Crippen LogP contribution in [0.3, 0.4) is 0 Å². The quantitative estimate of drug-likeness (QED) is 0.655. The van der Waals surface area contributed by atoms with E-state index in [4.69, 9.17) is 9.47 Å². The first-order valence-corrected chi connectivity index (χ1v) is 6.45. The van der Waals surface area contributed by atoms with Crippen molar-refractivity contribution in [2.75, 3.05) is 19.5 Å². The molecule has 1 aromatic carbocycles. The second-order valence-corrected chi connectivity index (χ2v) is 4.17. The minimum absolute atomic E-state index is 0.442. The fourth-order valence-electron chi connectivity index (χ4n) is 1.69. The van der Waals surface area contributed by atoms with Gasteiger partial charge in [-0.15, -0.1) is 0 Å². The summed E-state index contributed by atoms with van der Waals surface area (Å²) >= 11 is 0. The van der Waals surface area contributed by atoms with Gasteiger partial charge in [-0.25, -0.2) is 10.2 Å². The molecule has 0 atom stereocenters. The Morgan fingerprint density at radius 1 is 1.14 bits per heavy atom. The molecule has 0 saturated carbocycles. The number of benzene rings is 1. The summed E-state index contributed by atoms with van der Waals surface area (Å²) in [6, 6.07) is 8.23. The molecule has 22 heavy (non-hydrogen) atoms. The van der Waals surface area contributed by atoms with Gasteiger partial charge in [-0.3, -0.25) is 4.98 Å². The molecule has 0 radical (unpaired) electrons. The number of urea groups is 1. The highest BCUT2D eigenvalue weighted by atomic mass is 16.5. The molecule has 2 amide bonds. The van der Waals surface area contributed by atoms with Gasteiger partial charge in [-0.1, -0.05) is 0 Å². The summed E-state index contributed by atoms with van der Waals surface area (Å²) in [5, 5.41) is 6.49. The molecule has 2 aromatic rings. The highest BCUT2D eigenvalue weighted by Gasteiger charge is 2.03. The lowest BCUT2D eigenvalue weighted by Crippen LogP contribution is -2.24. The molecule has 7 nitrogen and oxygen atoms in total. The van der Waals surface area contributed by atoms with Gasteiger partial charge in [-0.2, -0.15) is 5.10 Å². The minimum Gasteiger partial charge on any atom is -0.493 e. The van der Waals surface area contributed by atoms with Crippen molar-refractivity contribution < 1.29 is 14.3 Å². The molecule has 1 heterocycles. The summed E-state index contributed by atoms with van der Waals surface area (Å²) in [7, 11) is 3.12. The van der Waals surface area contributed by atoms with Crippen molar-refractivity contribution in [2.45, 2.75) is 0 Å². The van der Waals surface area contributed by atoms with E-state index in [1.165, 1.54) is 6.21 Å². The van der Waals surface area contributed by atoms with E-state index in [0.717, 1.165) is 5.56 Å². The van der Waals surface area contributed by atoms with Gasteiger partial charge in [-0.05, 0) is 35.9 Å². The zero-order chi connectivity index (χ0) is 15.8. The minimum atomic E-state index is -0.442. The van der Waals surface area contributed by atoms with Crippen molar-refractivity contribution in [3.63, 3.8) is 0 Å². The first kappa shape index (κ1) is 15.3. The van der Waals surface area contributed by atoms with Crippen LogP contribution in [0.5, 0.6) is 11.5 Å². The molecule has 0 aliphatic rings. The smallest absolute Gasteiger partial charge is 0.339 e. The molecule has 0 saturated heterocycles. The second-order valence-electron chi connectivity index (χ2n) is 4.17. The standard InChI is InChI=1S/C15H16N4O3/c1-21-13-4-3-11(9-14(13)22-2)10-17-19-15(20)18-12-5-7-16-8-6-12/h3-10H,1-2H3,(H2,16,18,19,20)/b17-10+. The lowest BCUT2D eigenvalue weighted by Gasteiger charge is -2.07. The Hall–Kier alpha value is -3.09. The first-order valence-electron chi connectivity index (χ1n) is 6.45. The van der Waals surface area contributed by atoms with Gasteiger partial charge in [0.1, 0.15) is 0 Å². The molecule has 114 valence electrons. The number of hydrogen-bond acceptors (Lipinski definition) is 5. The zero-order valence-corrected chi connectivity index (χ0v) is 12.2. The summed E-state index contributed by atoms with van der Waals surface area (Å²) in [4.78, 5) is 15.5. The topological polar surface area (TPSA) is 84.8 Å². The van der Waals surface area contributed by atoms with Crippen LogP contribution in [0.4, 0.5) is 10.5 Å². The van der Waals surface area contributed by atoms with E-state index in [1.807, 2.05) is 0 Å². The number of methoxy groups -OCH3 is 2. The van der Waals surface area contributed by atoms with Crippen LogP contribution in [0.1, 0.15) is 5.56 Å². The number of nitrogens with zero attached hydrogens (tertiary/aromatic N) is 2. The molecule has 0 fully saturated rings. The fourth-order valence-corrected chi connectivity index (χ4v) is 1.69. The van der Waals surface area contributed by atoms with E-state index in [2.05, 4.69) is 20.8 Å². The highest BCUT2D eigenvalue weighted by Crippen LogP contribution is 2.26. The molecular weight excluding hydrogens is 284 g/mol. The molecule has 0 bridgehead atoms. The van der Waals surface area contributed by atoms with Crippen LogP contribution in [0.15, 0.2) is 47.8 Å². The van der Waals surface area contributed by atoms with Crippen molar-refractivity contribution in [3.05, 3.63) is 48.3 Å². The number of amides is 2. The van der Waals surface area contributed by atoms with E-state index in [1.54, 1.807) is 56.9 Å². The highest BCUT2D eigenvalue weighted by molar-refractivity contribution is 5.90. The molecule has 2 N–H and O–H groups in total. The third-order valence-electron chi connectivity index (χ3n) is 2.73. The van der Waals surface area contributed by atoms with Gasteiger partial charge in [0.05, 0.1) is 20.4 Å². The van der Waals surface area contributed by atoms with Gasteiger partial charge in [0.25, 0.3) is 0 Å². The van der Waals surface area contributed by atoms with Crippen LogP contribution < -0.4 is 20.2 Å². The van der Waals surface area contributed by atoms with Crippen LogP contribution in [0.2, 0.25) is 0 Å². The summed E-state index contributed by atoms with van der Waals surface area (Å²) in [6.07, 6.45) is 4.68. The van der Waals surface area contributed by atoms with Crippen LogP contribution in [0, 0.1) is 0 Å². The van der Waals surface area contributed by atoms with Crippen molar-refractivity contribution in [1.29, 1.82) is 0 Å². The largest absolute Gasteiger partial charge is 0.493 e. The number of carbonyl (C=O) groups is 1. The fraction of sp³-hybridized carbons (Fsp3) is 0.133. The third kappa shape index (κ3) is 4.20. The summed E-state index contributed by atoms with van der Waals surface area (Å²) in [5.74, 6) is 1.22. The number of rotatable bonds is 5. The summed E-state index contributed by atoms with van der Waals surface area (Å²) < 4.78 is 10.3. The second kappa shape index (κ2) is 7.63. The van der Waals surface area contributed by atoms with E-state index < -0.39 is 6.03 Å². The van der Waals surface area contributed by atoms with Gasteiger partial charge in [0, 0.05) is 18.1 Å². The molecule has 2 rings (SSSR count). The average Bonchev–Trinajstić information content (AvgIpc) is 2.55. The summed E-state index contributed by atoms with van der Waals surface area (Å²) in [5.41, 5.74) is 3.77. The average molecular weight is 300 g/mol. The van der Waals surface area contributed by atoms with E-state index in [9.17, 15) is 4.79 Å². The first-order chi connectivity index (χ1) is 10.7. The van der Waals surface area contributed by atoms with Crippen LogP contribution in [0.25, 0.3) is 0 Å². The Morgan fingerprint density at radius 2 is 1.86 bits per heavy atom. The molecule has 7 heteroatoms. The third-order valence-corrected chi connectivity index (χ3v) is 2.73. The van der Waals surface area contributed by atoms with Crippen LogP contribution in [-0.4, -0.2) is 31.4 Å². The maximum absolute atomic E-state index is 11.6. The molecule has 0 aliphatic carbocycles. The molecule has 0 aliphatic heterocycles. The molecule has 1 aromatic heterocycles. The monoisotopic (exact) mass is 300 g/mol. The number of anilines is 1. The van der Waals surface area contributed by atoms with Crippen LogP contribution in [-0.2, 0) is 0 Å². The van der Waals surface area contributed by atoms with Gasteiger partial charge < -0.3 is 14.8 Å². The number of pyridine rings is 1. The summed E-state index contributed by atoms with van der Waals surface area (Å²) in [6.45, 7) is 0. The predicted molar refractivity (Wildman–Crippen MR) is 83.5 cm³/mol.